The molecule has 1 heterocycles. The van der Waals surface area contributed by atoms with E-state index in [2.05, 4.69) is 0 Å². The number of ether oxygens (including phenoxy) is 3. The molecular formula is C16H18O5. The zero-order valence-corrected chi connectivity index (χ0v) is 12.2. The van der Waals surface area contributed by atoms with Gasteiger partial charge < -0.3 is 14.2 Å². The van der Waals surface area contributed by atoms with E-state index in [1.54, 1.807) is 13.2 Å². The number of hydrogen-bond acceptors (Lipinski definition) is 5. The minimum atomic E-state index is -0.580. The Labute approximate surface area is 123 Å². The van der Waals surface area contributed by atoms with Crippen LogP contribution in [0, 0.1) is 5.92 Å². The molecule has 1 aromatic carbocycles. The zero-order chi connectivity index (χ0) is 15.0. The van der Waals surface area contributed by atoms with Gasteiger partial charge in [0, 0.05) is 5.56 Å². The highest BCUT2D eigenvalue weighted by Gasteiger charge is 2.48. The van der Waals surface area contributed by atoms with Gasteiger partial charge in [0.05, 0.1) is 25.7 Å². The van der Waals surface area contributed by atoms with E-state index in [9.17, 15) is 9.59 Å². The summed E-state index contributed by atoms with van der Waals surface area (Å²) in [5.74, 6) is 0.0668. The van der Waals surface area contributed by atoms with E-state index in [1.807, 2.05) is 12.1 Å². The number of methoxy groups -OCH3 is 2. The first-order valence-electron chi connectivity index (χ1n) is 7.09. The average molecular weight is 290 g/mol. The minimum absolute atomic E-state index is 0.0957. The molecule has 21 heavy (non-hydrogen) atoms. The van der Waals surface area contributed by atoms with Crippen LogP contribution in [0.3, 0.4) is 0 Å². The van der Waals surface area contributed by atoms with Gasteiger partial charge in [0.2, 0.25) is 0 Å². The predicted molar refractivity (Wildman–Crippen MR) is 74.1 cm³/mol. The summed E-state index contributed by atoms with van der Waals surface area (Å²) in [6.07, 6.45) is 2.65. The lowest BCUT2D eigenvalue weighted by Gasteiger charge is -2.35. The third-order valence-electron chi connectivity index (χ3n) is 4.55. The Balaban J connectivity index is 1.87. The van der Waals surface area contributed by atoms with Crippen molar-refractivity contribution in [2.24, 2.45) is 5.92 Å². The van der Waals surface area contributed by atoms with Gasteiger partial charge in [-0.05, 0) is 37.8 Å². The maximum Gasteiger partial charge on any atom is 0.339 e. The van der Waals surface area contributed by atoms with Gasteiger partial charge in [0.1, 0.15) is 11.4 Å². The number of benzene rings is 1. The highest BCUT2D eigenvalue weighted by atomic mass is 16.6. The summed E-state index contributed by atoms with van der Waals surface area (Å²) in [4.78, 5) is 23.7. The Hall–Kier alpha value is -2.04. The van der Waals surface area contributed by atoms with Gasteiger partial charge in [-0.3, -0.25) is 4.79 Å². The second-order valence-electron chi connectivity index (χ2n) is 5.59. The number of carbonyl (C=O) groups is 2. The molecule has 3 rings (SSSR count). The molecule has 1 aromatic rings. The fraction of sp³-hybridized carbons (Fsp3) is 0.500. The van der Waals surface area contributed by atoms with Gasteiger partial charge >= 0.3 is 11.9 Å². The highest BCUT2D eigenvalue weighted by Crippen LogP contribution is 2.48. The quantitative estimate of drug-likeness (QED) is 0.783. The number of esters is 2. The van der Waals surface area contributed by atoms with Crippen molar-refractivity contribution in [3.8, 4) is 5.75 Å². The van der Waals surface area contributed by atoms with Crippen molar-refractivity contribution in [3.63, 3.8) is 0 Å². The highest BCUT2D eigenvalue weighted by molar-refractivity contribution is 5.95. The number of hydrogen-bond donors (Lipinski definition) is 0. The van der Waals surface area contributed by atoms with Crippen LogP contribution in [-0.2, 0) is 19.9 Å². The molecule has 1 aliphatic carbocycles. The van der Waals surface area contributed by atoms with Gasteiger partial charge in [-0.1, -0.05) is 6.07 Å². The van der Waals surface area contributed by atoms with Crippen LogP contribution in [0.25, 0.3) is 0 Å². The Morgan fingerprint density at radius 1 is 1.29 bits per heavy atom. The molecule has 1 aliphatic heterocycles. The van der Waals surface area contributed by atoms with E-state index in [-0.39, 0.29) is 17.9 Å². The van der Waals surface area contributed by atoms with Crippen LogP contribution in [0.5, 0.6) is 5.75 Å². The summed E-state index contributed by atoms with van der Waals surface area (Å²) in [7, 11) is 2.98. The van der Waals surface area contributed by atoms with Gasteiger partial charge in [0.15, 0.2) is 0 Å². The van der Waals surface area contributed by atoms with Crippen LogP contribution in [0.2, 0.25) is 0 Å². The van der Waals surface area contributed by atoms with Gasteiger partial charge in [0.25, 0.3) is 0 Å². The maximum atomic E-state index is 12.1. The van der Waals surface area contributed by atoms with Crippen LogP contribution >= 0.6 is 0 Å². The van der Waals surface area contributed by atoms with E-state index < -0.39 is 5.60 Å². The lowest BCUT2D eigenvalue weighted by Crippen LogP contribution is -2.34. The number of rotatable bonds is 2. The lowest BCUT2D eigenvalue weighted by atomic mass is 9.75. The molecule has 0 saturated heterocycles. The summed E-state index contributed by atoms with van der Waals surface area (Å²) >= 11 is 0. The van der Waals surface area contributed by atoms with E-state index in [4.69, 9.17) is 14.2 Å². The van der Waals surface area contributed by atoms with Crippen molar-refractivity contribution >= 4 is 11.9 Å². The summed E-state index contributed by atoms with van der Waals surface area (Å²) in [5.41, 5.74) is 0.908. The molecule has 5 heteroatoms. The second kappa shape index (κ2) is 5.06. The monoisotopic (exact) mass is 290 g/mol. The van der Waals surface area contributed by atoms with Crippen molar-refractivity contribution in [3.05, 3.63) is 29.3 Å². The Kier molecular flexibility index (Phi) is 3.35. The van der Waals surface area contributed by atoms with Crippen molar-refractivity contribution < 1.29 is 23.8 Å². The largest absolute Gasteiger partial charge is 0.497 e. The molecule has 0 radical (unpaired) electrons. The Morgan fingerprint density at radius 3 is 2.62 bits per heavy atom. The SMILES string of the molecule is COc1ccc2c(c1)C(=O)O[C@]21CC[C@H](C(=O)OC)CC1. The molecule has 0 N–H and O–H groups in total. The van der Waals surface area contributed by atoms with Crippen LogP contribution in [0.4, 0.5) is 0 Å². The van der Waals surface area contributed by atoms with Crippen molar-refractivity contribution in [1.29, 1.82) is 0 Å². The molecule has 5 nitrogen and oxygen atoms in total. The molecular weight excluding hydrogens is 272 g/mol. The van der Waals surface area contributed by atoms with E-state index in [0.717, 1.165) is 5.56 Å². The zero-order valence-electron chi connectivity index (χ0n) is 12.2. The van der Waals surface area contributed by atoms with Crippen molar-refractivity contribution in [1.82, 2.24) is 0 Å². The smallest absolute Gasteiger partial charge is 0.339 e. The van der Waals surface area contributed by atoms with Crippen molar-refractivity contribution in [2.75, 3.05) is 14.2 Å². The van der Waals surface area contributed by atoms with Crippen LogP contribution < -0.4 is 4.74 Å². The molecule has 1 saturated carbocycles. The normalized spacial score (nSPS) is 27.1. The fourth-order valence-electron chi connectivity index (χ4n) is 3.36. The maximum absolute atomic E-state index is 12.1. The van der Waals surface area contributed by atoms with Crippen LogP contribution in [-0.4, -0.2) is 26.2 Å². The summed E-state index contributed by atoms with van der Waals surface area (Å²) in [5, 5.41) is 0. The molecule has 0 atom stereocenters. The van der Waals surface area contributed by atoms with Crippen molar-refractivity contribution in [2.45, 2.75) is 31.3 Å². The predicted octanol–water partition coefficient (Wildman–Crippen LogP) is 2.42. The number of fused-ring (bicyclic) bond motifs is 2. The third kappa shape index (κ3) is 2.17. The second-order valence-corrected chi connectivity index (χ2v) is 5.59. The third-order valence-corrected chi connectivity index (χ3v) is 4.55. The molecule has 112 valence electrons. The fourth-order valence-corrected chi connectivity index (χ4v) is 3.36. The molecule has 1 spiro atoms. The summed E-state index contributed by atoms with van der Waals surface area (Å²) in [6.45, 7) is 0. The standard InChI is InChI=1S/C16H18O5/c1-19-11-3-4-13-12(9-11)15(18)21-16(13)7-5-10(6-8-16)14(17)20-2/h3-4,9-10H,5-8H2,1-2H3/t10-,16-. The first-order valence-corrected chi connectivity index (χ1v) is 7.09. The molecule has 0 aromatic heterocycles. The van der Waals surface area contributed by atoms with Gasteiger partial charge in [-0.15, -0.1) is 0 Å². The summed E-state index contributed by atoms with van der Waals surface area (Å²) in [6, 6.07) is 5.46. The van der Waals surface area contributed by atoms with Crippen LogP contribution in [0.15, 0.2) is 18.2 Å². The molecule has 1 fully saturated rings. The van der Waals surface area contributed by atoms with Crippen LogP contribution in [0.1, 0.15) is 41.6 Å². The van der Waals surface area contributed by atoms with E-state index in [0.29, 0.717) is 37.0 Å². The molecule has 0 unspecified atom stereocenters. The molecule has 2 aliphatic rings. The first-order chi connectivity index (χ1) is 10.1. The Morgan fingerprint density at radius 2 is 2.00 bits per heavy atom. The topological polar surface area (TPSA) is 61.8 Å². The Bertz CT molecular complexity index is 584. The number of carbonyl (C=O) groups excluding carboxylic acids is 2. The lowest BCUT2D eigenvalue weighted by molar-refractivity contribution is -0.148. The average Bonchev–Trinajstić information content (AvgIpc) is 2.79. The minimum Gasteiger partial charge on any atom is -0.497 e. The van der Waals surface area contributed by atoms with E-state index in [1.165, 1.54) is 7.11 Å². The van der Waals surface area contributed by atoms with E-state index >= 15 is 0 Å². The summed E-state index contributed by atoms with van der Waals surface area (Å²) < 4.78 is 15.6. The molecule has 0 amide bonds. The first kappa shape index (κ1) is 13.9. The molecule has 0 bridgehead atoms. The van der Waals surface area contributed by atoms with Gasteiger partial charge in [-0.25, -0.2) is 4.79 Å². The van der Waals surface area contributed by atoms with Gasteiger partial charge in [-0.2, -0.15) is 0 Å².